The molecule has 11 nitrogen and oxygen atoms in total. The molecule has 160 valence electrons. The van der Waals surface area contributed by atoms with Crippen LogP contribution in [0.25, 0.3) is 33.6 Å². The van der Waals surface area contributed by atoms with Gasteiger partial charge < -0.3 is 25.1 Å². The van der Waals surface area contributed by atoms with Crippen molar-refractivity contribution in [3.63, 3.8) is 0 Å². The summed E-state index contributed by atoms with van der Waals surface area (Å²) in [7, 11) is 0. The maximum Gasteiger partial charge on any atom is 0.231 e. The Morgan fingerprint density at radius 1 is 1.06 bits per heavy atom. The molecule has 0 amide bonds. The largest absolute Gasteiger partial charge is 0.432 e. The number of aromatic amines is 1. The Labute approximate surface area is 181 Å². The molecule has 5 aromatic heterocycles. The Bertz CT molecular complexity index is 1420. The lowest BCUT2D eigenvalue weighted by Gasteiger charge is -2.27. The van der Waals surface area contributed by atoms with Crippen molar-refractivity contribution in [3.05, 3.63) is 42.7 Å². The molecule has 32 heavy (non-hydrogen) atoms. The number of ether oxygens (including phenoxy) is 1. The van der Waals surface area contributed by atoms with Crippen molar-refractivity contribution in [1.82, 2.24) is 30.1 Å². The zero-order valence-electron chi connectivity index (χ0n) is 16.9. The summed E-state index contributed by atoms with van der Waals surface area (Å²) in [5, 5.41) is 11.3. The topological polar surface area (TPSA) is 144 Å². The third kappa shape index (κ3) is 3.24. The number of pyridine rings is 2. The molecular formula is C21H19N9O2. The van der Waals surface area contributed by atoms with Crippen LogP contribution in [0.5, 0.6) is 0 Å². The molecule has 0 aliphatic carbocycles. The zero-order chi connectivity index (χ0) is 21.5. The van der Waals surface area contributed by atoms with Gasteiger partial charge in [0.25, 0.3) is 0 Å². The van der Waals surface area contributed by atoms with E-state index in [1.807, 2.05) is 18.2 Å². The van der Waals surface area contributed by atoms with E-state index in [4.69, 9.17) is 24.9 Å². The molecule has 0 aromatic carbocycles. The van der Waals surface area contributed by atoms with Crippen LogP contribution in [0.3, 0.4) is 0 Å². The number of fused-ring (bicyclic) bond motifs is 3. The Morgan fingerprint density at radius 3 is 2.84 bits per heavy atom. The lowest BCUT2D eigenvalue weighted by Crippen LogP contribution is -2.37. The highest BCUT2D eigenvalue weighted by molar-refractivity contribution is 6.05. The van der Waals surface area contributed by atoms with Gasteiger partial charge in [0, 0.05) is 37.2 Å². The third-order valence-electron chi connectivity index (χ3n) is 5.26. The van der Waals surface area contributed by atoms with Gasteiger partial charge in [0.2, 0.25) is 11.7 Å². The molecule has 11 heteroatoms. The van der Waals surface area contributed by atoms with Crippen molar-refractivity contribution in [2.75, 3.05) is 42.3 Å². The van der Waals surface area contributed by atoms with Crippen LogP contribution in [0.1, 0.15) is 0 Å². The zero-order valence-corrected chi connectivity index (χ0v) is 16.9. The van der Waals surface area contributed by atoms with Gasteiger partial charge in [0.15, 0.2) is 17.2 Å². The first kappa shape index (κ1) is 18.5. The second-order valence-electron chi connectivity index (χ2n) is 7.37. The van der Waals surface area contributed by atoms with Crippen LogP contribution < -0.4 is 16.0 Å². The molecular weight excluding hydrogens is 410 g/mol. The predicted molar refractivity (Wildman–Crippen MR) is 120 cm³/mol. The number of hydrogen-bond acceptors (Lipinski definition) is 10. The van der Waals surface area contributed by atoms with E-state index in [1.54, 1.807) is 24.5 Å². The predicted octanol–water partition coefficient (Wildman–Crippen LogP) is 2.72. The van der Waals surface area contributed by atoms with Gasteiger partial charge in [-0.15, -0.1) is 0 Å². The summed E-state index contributed by atoms with van der Waals surface area (Å²) in [4.78, 5) is 20.2. The number of anilines is 4. The summed E-state index contributed by atoms with van der Waals surface area (Å²) in [6, 6.07) is 9.14. The fourth-order valence-electron chi connectivity index (χ4n) is 3.74. The average Bonchev–Trinajstić information content (AvgIpc) is 3.44. The average molecular weight is 429 g/mol. The molecule has 0 spiro atoms. The number of nitrogens with zero attached hydrogens (tertiary/aromatic N) is 6. The summed E-state index contributed by atoms with van der Waals surface area (Å²) in [5.41, 5.74) is 9.75. The lowest BCUT2D eigenvalue weighted by atomic mass is 10.2. The van der Waals surface area contributed by atoms with Gasteiger partial charge in [-0.25, -0.2) is 9.97 Å². The van der Waals surface area contributed by atoms with Crippen molar-refractivity contribution in [2.45, 2.75) is 0 Å². The SMILES string of the molecule is Nc1ccnc(-c2cc(Nc3nc(N4CCOCC4)c4oc5ncccc5c4n3)n[nH]2)c1. The van der Waals surface area contributed by atoms with Gasteiger partial charge in [-0.1, -0.05) is 0 Å². The smallest absolute Gasteiger partial charge is 0.231 e. The lowest BCUT2D eigenvalue weighted by molar-refractivity contribution is 0.122. The second-order valence-corrected chi connectivity index (χ2v) is 7.37. The number of H-pyrrole nitrogens is 1. The first-order valence-electron chi connectivity index (χ1n) is 10.2. The van der Waals surface area contributed by atoms with E-state index in [0.29, 0.717) is 72.1 Å². The molecule has 0 radical (unpaired) electrons. The van der Waals surface area contributed by atoms with E-state index in [9.17, 15) is 0 Å². The van der Waals surface area contributed by atoms with Crippen molar-refractivity contribution < 1.29 is 9.15 Å². The van der Waals surface area contributed by atoms with Gasteiger partial charge in [0.1, 0.15) is 5.52 Å². The number of morpholine rings is 1. The highest BCUT2D eigenvalue weighted by Crippen LogP contribution is 2.34. The summed E-state index contributed by atoms with van der Waals surface area (Å²) in [6.07, 6.45) is 3.35. The number of nitrogen functional groups attached to an aromatic ring is 1. The van der Waals surface area contributed by atoms with E-state index in [2.05, 4.69) is 30.4 Å². The molecule has 6 heterocycles. The number of aromatic nitrogens is 6. The number of nitrogens with two attached hydrogens (primary N) is 1. The molecule has 0 saturated carbocycles. The standard InChI is InChI=1S/C21H19N9O2/c22-12-3-5-23-14(10-12)15-11-16(29-28-15)25-21-26-17-13-2-1-4-24-20(13)32-18(17)19(27-21)30-6-8-31-9-7-30/h1-5,10-11H,6-9H2,(H2,22,23)(H2,25,26,27,28,29). The summed E-state index contributed by atoms with van der Waals surface area (Å²) in [5.74, 6) is 1.67. The normalized spacial score (nSPS) is 14.3. The van der Waals surface area contributed by atoms with Crippen molar-refractivity contribution in [1.29, 1.82) is 0 Å². The minimum absolute atomic E-state index is 0.407. The second kappa shape index (κ2) is 7.46. The minimum atomic E-state index is 0.407. The van der Waals surface area contributed by atoms with Crippen LogP contribution in [-0.4, -0.2) is 56.4 Å². The van der Waals surface area contributed by atoms with E-state index >= 15 is 0 Å². The Balaban J connectivity index is 1.41. The van der Waals surface area contributed by atoms with Crippen LogP contribution in [-0.2, 0) is 4.74 Å². The first-order chi connectivity index (χ1) is 15.7. The summed E-state index contributed by atoms with van der Waals surface area (Å²) in [6.45, 7) is 2.68. The van der Waals surface area contributed by atoms with Crippen molar-refractivity contribution in [2.24, 2.45) is 0 Å². The fraction of sp³-hybridized carbons (Fsp3) is 0.190. The monoisotopic (exact) mass is 429 g/mol. The van der Waals surface area contributed by atoms with E-state index in [0.717, 1.165) is 11.1 Å². The molecule has 4 N–H and O–H groups in total. The summed E-state index contributed by atoms with van der Waals surface area (Å²) < 4.78 is 11.5. The van der Waals surface area contributed by atoms with Crippen LogP contribution in [0.2, 0.25) is 0 Å². The maximum atomic E-state index is 6.03. The third-order valence-corrected chi connectivity index (χ3v) is 5.26. The number of furan rings is 1. The van der Waals surface area contributed by atoms with E-state index < -0.39 is 0 Å². The van der Waals surface area contributed by atoms with Crippen LogP contribution in [0.15, 0.2) is 47.1 Å². The molecule has 1 saturated heterocycles. The molecule has 1 aliphatic heterocycles. The van der Waals surface area contributed by atoms with Crippen LogP contribution in [0, 0.1) is 0 Å². The van der Waals surface area contributed by atoms with E-state index in [1.165, 1.54) is 0 Å². The highest BCUT2D eigenvalue weighted by atomic mass is 16.5. The number of hydrogen-bond donors (Lipinski definition) is 3. The first-order valence-corrected chi connectivity index (χ1v) is 10.2. The molecule has 0 atom stereocenters. The Kier molecular flexibility index (Phi) is 4.32. The molecule has 1 fully saturated rings. The maximum absolute atomic E-state index is 6.03. The van der Waals surface area contributed by atoms with Gasteiger partial charge in [0.05, 0.1) is 30.0 Å². The van der Waals surface area contributed by atoms with Crippen molar-refractivity contribution in [3.8, 4) is 11.4 Å². The quantitative estimate of drug-likeness (QED) is 0.390. The van der Waals surface area contributed by atoms with E-state index in [-0.39, 0.29) is 0 Å². The van der Waals surface area contributed by atoms with Crippen LogP contribution in [0.4, 0.5) is 23.3 Å². The number of nitrogens with one attached hydrogen (secondary N) is 2. The molecule has 5 aromatic rings. The fourth-order valence-corrected chi connectivity index (χ4v) is 3.74. The minimum Gasteiger partial charge on any atom is -0.432 e. The van der Waals surface area contributed by atoms with Gasteiger partial charge in [-0.05, 0) is 24.3 Å². The molecule has 0 unspecified atom stereocenters. The van der Waals surface area contributed by atoms with Crippen molar-refractivity contribution >= 4 is 45.5 Å². The van der Waals surface area contributed by atoms with Gasteiger partial charge in [-0.3, -0.25) is 10.1 Å². The highest BCUT2D eigenvalue weighted by Gasteiger charge is 2.22. The van der Waals surface area contributed by atoms with Gasteiger partial charge >= 0.3 is 0 Å². The van der Waals surface area contributed by atoms with Crippen LogP contribution >= 0.6 is 0 Å². The Hall–Kier alpha value is -4.25. The molecule has 1 aliphatic rings. The molecule has 6 rings (SSSR count). The summed E-state index contributed by atoms with van der Waals surface area (Å²) >= 11 is 0. The van der Waals surface area contributed by atoms with Gasteiger partial charge in [-0.2, -0.15) is 10.1 Å². The molecule has 0 bridgehead atoms. The Morgan fingerprint density at radius 2 is 1.97 bits per heavy atom. The number of rotatable bonds is 4.